The van der Waals surface area contributed by atoms with Gasteiger partial charge in [0.1, 0.15) is 22.1 Å². The Labute approximate surface area is 203 Å². The van der Waals surface area contributed by atoms with E-state index in [9.17, 15) is 4.79 Å². The summed E-state index contributed by atoms with van der Waals surface area (Å²) in [4.78, 5) is 25.8. The van der Waals surface area contributed by atoms with E-state index < -0.39 is 17.2 Å². The molecule has 0 saturated heterocycles. The Kier molecular flexibility index (Phi) is 5.95. The molecule has 0 aliphatic carbocycles. The highest BCUT2D eigenvalue weighted by Crippen LogP contribution is 2.31. The summed E-state index contributed by atoms with van der Waals surface area (Å²) in [6.07, 6.45) is 1.16. The first-order valence-electron chi connectivity index (χ1n) is 10.8. The van der Waals surface area contributed by atoms with Gasteiger partial charge in [-0.1, -0.05) is 23.7 Å². The van der Waals surface area contributed by atoms with Crippen LogP contribution in [0.5, 0.6) is 0 Å². The molecule has 0 radical (unpaired) electrons. The minimum Gasteiger partial charge on any atom is -0.444 e. The standard InChI is InChI=1S/C25H27ClN6O2/c1-24(2,3)34-23(33)31-25(4,5)15-8-10-16(11-9-15)32-21(17-7-6-14-28-20(17)27)29-18-12-13-19(26)30-22(18)32/h6-14H,1-5H3,(H2,27,28)(H,31,33). The van der Waals surface area contributed by atoms with Gasteiger partial charge in [-0.15, -0.1) is 0 Å². The van der Waals surface area contributed by atoms with Gasteiger partial charge in [-0.3, -0.25) is 4.57 Å². The zero-order valence-corrected chi connectivity index (χ0v) is 20.5. The van der Waals surface area contributed by atoms with E-state index in [1.54, 1.807) is 12.3 Å². The predicted molar refractivity (Wildman–Crippen MR) is 134 cm³/mol. The lowest BCUT2D eigenvalue weighted by Gasteiger charge is -2.29. The van der Waals surface area contributed by atoms with Crippen molar-refractivity contribution in [1.82, 2.24) is 24.8 Å². The van der Waals surface area contributed by atoms with Crippen molar-refractivity contribution in [1.29, 1.82) is 0 Å². The predicted octanol–water partition coefficient (Wildman–Crippen LogP) is 5.48. The van der Waals surface area contributed by atoms with E-state index >= 15 is 0 Å². The SMILES string of the molecule is CC(C)(C)OC(=O)NC(C)(C)c1ccc(-n2c(-c3cccnc3N)nc3ccc(Cl)nc32)cc1. The average Bonchev–Trinajstić information content (AvgIpc) is 3.10. The lowest BCUT2D eigenvalue weighted by atomic mass is 9.94. The highest BCUT2D eigenvalue weighted by atomic mass is 35.5. The van der Waals surface area contributed by atoms with Gasteiger partial charge in [0.2, 0.25) is 0 Å². The van der Waals surface area contributed by atoms with Crippen LogP contribution in [0.3, 0.4) is 0 Å². The number of pyridine rings is 2. The summed E-state index contributed by atoms with van der Waals surface area (Å²) >= 11 is 6.20. The van der Waals surface area contributed by atoms with Crippen LogP contribution < -0.4 is 11.1 Å². The molecule has 4 rings (SSSR count). The number of aromatic nitrogens is 4. The van der Waals surface area contributed by atoms with Gasteiger partial charge in [0.15, 0.2) is 11.5 Å². The molecule has 9 heteroatoms. The quantitative estimate of drug-likeness (QED) is 0.376. The van der Waals surface area contributed by atoms with E-state index in [-0.39, 0.29) is 0 Å². The summed E-state index contributed by atoms with van der Waals surface area (Å²) in [5.74, 6) is 0.971. The van der Waals surface area contributed by atoms with E-state index in [0.29, 0.717) is 33.5 Å². The summed E-state index contributed by atoms with van der Waals surface area (Å²) in [6.45, 7) is 9.33. The molecule has 8 nitrogen and oxygen atoms in total. The molecule has 0 aliphatic rings. The number of carbonyl (C=O) groups is 1. The second kappa shape index (κ2) is 8.61. The number of halogens is 1. The lowest BCUT2D eigenvalue weighted by Crippen LogP contribution is -2.43. The largest absolute Gasteiger partial charge is 0.444 e. The first kappa shape index (κ1) is 23.5. The van der Waals surface area contributed by atoms with Crippen molar-refractivity contribution in [2.75, 3.05) is 5.73 Å². The number of fused-ring (bicyclic) bond motifs is 1. The number of ether oxygens (including phenoxy) is 1. The number of imidazole rings is 1. The number of carbonyl (C=O) groups excluding carboxylic acids is 1. The molecule has 176 valence electrons. The third-order valence-electron chi connectivity index (χ3n) is 5.21. The maximum Gasteiger partial charge on any atom is 0.408 e. The molecule has 34 heavy (non-hydrogen) atoms. The third-order valence-corrected chi connectivity index (χ3v) is 5.42. The number of hydrogen-bond acceptors (Lipinski definition) is 6. The fourth-order valence-corrected chi connectivity index (χ4v) is 3.77. The molecule has 0 saturated carbocycles. The first-order valence-corrected chi connectivity index (χ1v) is 11.2. The zero-order chi connectivity index (χ0) is 24.7. The second-order valence-corrected chi connectivity index (χ2v) is 9.87. The Balaban J connectivity index is 1.76. The number of alkyl carbamates (subject to hydrolysis) is 1. The van der Waals surface area contributed by atoms with Crippen molar-refractivity contribution in [3.05, 3.63) is 65.4 Å². The van der Waals surface area contributed by atoms with Gasteiger partial charge in [0.05, 0.1) is 11.1 Å². The van der Waals surface area contributed by atoms with E-state index in [1.165, 1.54) is 0 Å². The van der Waals surface area contributed by atoms with Crippen LogP contribution in [-0.4, -0.2) is 31.2 Å². The third kappa shape index (κ3) is 4.82. The minimum absolute atomic E-state index is 0.360. The fraction of sp³-hybridized carbons (Fsp3) is 0.280. The summed E-state index contributed by atoms with van der Waals surface area (Å²) in [6, 6.07) is 15.0. The first-order chi connectivity index (χ1) is 15.9. The van der Waals surface area contributed by atoms with E-state index in [2.05, 4.69) is 15.3 Å². The normalized spacial score (nSPS) is 12.1. The van der Waals surface area contributed by atoms with Crippen molar-refractivity contribution >= 4 is 34.7 Å². The van der Waals surface area contributed by atoms with Crippen molar-refractivity contribution < 1.29 is 9.53 Å². The van der Waals surface area contributed by atoms with Gasteiger partial charge in [0, 0.05) is 11.9 Å². The van der Waals surface area contributed by atoms with Crippen molar-refractivity contribution in [3.63, 3.8) is 0 Å². The highest BCUT2D eigenvalue weighted by molar-refractivity contribution is 6.29. The van der Waals surface area contributed by atoms with Gasteiger partial charge in [-0.25, -0.2) is 19.7 Å². The Hall–Kier alpha value is -3.65. The molecule has 0 bridgehead atoms. The molecule has 0 aliphatic heterocycles. The van der Waals surface area contributed by atoms with Crippen LogP contribution >= 0.6 is 11.6 Å². The molecule has 3 aromatic heterocycles. The summed E-state index contributed by atoms with van der Waals surface area (Å²) < 4.78 is 7.31. The molecule has 3 heterocycles. The lowest BCUT2D eigenvalue weighted by molar-refractivity contribution is 0.0470. The number of benzene rings is 1. The smallest absolute Gasteiger partial charge is 0.408 e. The zero-order valence-electron chi connectivity index (χ0n) is 19.8. The molecular formula is C25H27ClN6O2. The number of rotatable bonds is 4. The van der Waals surface area contributed by atoms with Crippen molar-refractivity contribution in [2.24, 2.45) is 0 Å². The van der Waals surface area contributed by atoms with Crippen LogP contribution in [-0.2, 0) is 10.3 Å². The van der Waals surface area contributed by atoms with Gasteiger partial charge >= 0.3 is 6.09 Å². The molecular weight excluding hydrogens is 452 g/mol. The number of nitrogens with two attached hydrogens (primary N) is 1. The van der Waals surface area contributed by atoms with Crippen molar-refractivity contribution in [3.8, 4) is 17.1 Å². The maximum atomic E-state index is 12.3. The molecule has 3 N–H and O–H groups in total. The van der Waals surface area contributed by atoms with Gasteiger partial charge < -0.3 is 15.8 Å². The number of nitrogens with one attached hydrogen (secondary N) is 1. The van der Waals surface area contributed by atoms with Crippen molar-refractivity contribution in [2.45, 2.75) is 45.8 Å². The van der Waals surface area contributed by atoms with Gasteiger partial charge in [0.25, 0.3) is 0 Å². The summed E-state index contributed by atoms with van der Waals surface area (Å²) in [7, 11) is 0. The maximum absolute atomic E-state index is 12.3. The van der Waals surface area contributed by atoms with Gasteiger partial charge in [-0.2, -0.15) is 0 Å². The second-order valence-electron chi connectivity index (χ2n) is 9.48. The number of anilines is 1. The van der Waals surface area contributed by atoms with Crippen LogP contribution in [0.15, 0.2) is 54.7 Å². The van der Waals surface area contributed by atoms with Crippen LogP contribution in [0.25, 0.3) is 28.2 Å². The molecule has 1 aromatic carbocycles. The average molecular weight is 479 g/mol. The number of amides is 1. The molecule has 0 fully saturated rings. The monoisotopic (exact) mass is 478 g/mol. The summed E-state index contributed by atoms with van der Waals surface area (Å²) in [5, 5.41) is 3.29. The number of hydrogen-bond donors (Lipinski definition) is 2. The molecule has 0 atom stereocenters. The summed E-state index contributed by atoms with van der Waals surface area (Å²) in [5.41, 5.74) is 8.61. The van der Waals surface area contributed by atoms with Gasteiger partial charge in [-0.05, 0) is 76.6 Å². The number of nitrogens with zero attached hydrogens (tertiary/aromatic N) is 4. The van der Waals surface area contributed by atoms with Crippen LogP contribution in [0.2, 0.25) is 5.15 Å². The van der Waals surface area contributed by atoms with E-state index in [0.717, 1.165) is 11.3 Å². The molecule has 1 amide bonds. The van der Waals surface area contributed by atoms with Crippen LogP contribution in [0.4, 0.5) is 10.6 Å². The van der Waals surface area contributed by atoms with Crippen LogP contribution in [0, 0.1) is 0 Å². The molecule has 0 unspecified atom stereocenters. The minimum atomic E-state index is -0.657. The Bertz CT molecular complexity index is 1360. The Morgan fingerprint density at radius 3 is 2.38 bits per heavy atom. The van der Waals surface area contributed by atoms with Crippen LogP contribution in [0.1, 0.15) is 40.2 Å². The Morgan fingerprint density at radius 2 is 1.74 bits per heavy atom. The topological polar surface area (TPSA) is 108 Å². The molecule has 4 aromatic rings. The van der Waals surface area contributed by atoms with E-state index in [1.807, 2.05) is 81.7 Å². The molecule has 0 spiro atoms. The highest BCUT2D eigenvalue weighted by Gasteiger charge is 2.26. The Morgan fingerprint density at radius 1 is 1.03 bits per heavy atom. The van der Waals surface area contributed by atoms with E-state index in [4.69, 9.17) is 27.1 Å². The number of nitrogen functional groups attached to an aromatic ring is 1. The fourth-order valence-electron chi connectivity index (χ4n) is 3.62.